The highest BCUT2D eigenvalue weighted by Crippen LogP contribution is 2.19. The average molecular weight is 289 g/mol. The number of benzene rings is 1. The molecule has 5 heteroatoms. The van der Waals surface area contributed by atoms with Gasteiger partial charge in [-0.2, -0.15) is 0 Å². The molecule has 0 unspecified atom stereocenters. The maximum Gasteiger partial charge on any atom is 0.238 e. The van der Waals surface area contributed by atoms with E-state index in [0.29, 0.717) is 0 Å². The lowest BCUT2D eigenvalue weighted by molar-refractivity contribution is -0.126. The van der Waals surface area contributed by atoms with E-state index in [1.54, 1.807) is 0 Å². The number of carbonyl (C=O) groups excluding carboxylic acids is 2. The summed E-state index contributed by atoms with van der Waals surface area (Å²) in [6.45, 7) is 4.95. The number of rotatable bonds is 4. The molecule has 1 aromatic rings. The standard InChI is InChI=1S/C16H23N3O2/c1-11-6-5-7-13(12(11)2)18-15(20)10-19-9-4-3-8-14(19)16(17)21/h5-7,14H,3-4,8-10H2,1-2H3,(H2,17,21)(H,18,20)/t14-/m0/s1. The number of primary amides is 1. The van der Waals surface area contributed by atoms with Crippen molar-refractivity contribution in [2.45, 2.75) is 39.2 Å². The monoisotopic (exact) mass is 289 g/mol. The van der Waals surface area contributed by atoms with Crippen molar-refractivity contribution < 1.29 is 9.59 Å². The van der Waals surface area contributed by atoms with E-state index in [1.807, 2.05) is 36.9 Å². The Kier molecular flexibility index (Phi) is 4.96. The minimum atomic E-state index is -0.339. The molecule has 1 atom stereocenters. The van der Waals surface area contributed by atoms with Gasteiger partial charge in [0.25, 0.3) is 0 Å². The molecule has 5 nitrogen and oxygen atoms in total. The fraction of sp³-hybridized carbons (Fsp3) is 0.500. The lowest BCUT2D eigenvalue weighted by Gasteiger charge is -2.32. The highest BCUT2D eigenvalue weighted by Gasteiger charge is 2.28. The van der Waals surface area contributed by atoms with Crippen LogP contribution in [0.1, 0.15) is 30.4 Å². The predicted octanol–water partition coefficient (Wildman–Crippen LogP) is 1.58. The molecule has 3 N–H and O–H groups in total. The van der Waals surface area contributed by atoms with Gasteiger partial charge >= 0.3 is 0 Å². The largest absolute Gasteiger partial charge is 0.368 e. The Morgan fingerprint density at radius 3 is 2.81 bits per heavy atom. The molecular weight excluding hydrogens is 266 g/mol. The lowest BCUT2D eigenvalue weighted by Crippen LogP contribution is -2.50. The number of hydrogen-bond acceptors (Lipinski definition) is 3. The first-order valence-electron chi connectivity index (χ1n) is 7.38. The number of aryl methyl sites for hydroxylation is 1. The highest BCUT2D eigenvalue weighted by molar-refractivity contribution is 5.93. The zero-order valence-corrected chi connectivity index (χ0v) is 12.7. The second-order valence-electron chi connectivity index (χ2n) is 5.68. The Labute approximate surface area is 125 Å². The molecule has 0 radical (unpaired) electrons. The van der Waals surface area contributed by atoms with Crippen LogP contribution >= 0.6 is 0 Å². The van der Waals surface area contributed by atoms with Crippen LogP contribution < -0.4 is 11.1 Å². The van der Waals surface area contributed by atoms with Crippen molar-refractivity contribution in [2.75, 3.05) is 18.4 Å². The number of nitrogens with one attached hydrogen (secondary N) is 1. The van der Waals surface area contributed by atoms with E-state index in [0.717, 1.165) is 42.6 Å². The molecule has 0 bridgehead atoms. The Morgan fingerprint density at radius 1 is 1.33 bits per heavy atom. The van der Waals surface area contributed by atoms with E-state index in [9.17, 15) is 9.59 Å². The van der Waals surface area contributed by atoms with Crippen LogP contribution in [-0.2, 0) is 9.59 Å². The summed E-state index contributed by atoms with van der Waals surface area (Å²) < 4.78 is 0. The number of likely N-dealkylation sites (tertiary alicyclic amines) is 1. The fourth-order valence-electron chi connectivity index (χ4n) is 2.76. The van der Waals surface area contributed by atoms with Gasteiger partial charge in [-0.05, 0) is 50.4 Å². The Hall–Kier alpha value is -1.88. The molecule has 2 amide bonds. The Bertz CT molecular complexity index is 542. The third-order valence-corrected chi connectivity index (χ3v) is 4.17. The number of nitrogens with zero attached hydrogens (tertiary/aromatic N) is 1. The van der Waals surface area contributed by atoms with E-state index >= 15 is 0 Å². The first kappa shape index (κ1) is 15.5. The topological polar surface area (TPSA) is 75.4 Å². The minimum absolute atomic E-state index is 0.100. The first-order chi connectivity index (χ1) is 9.99. The minimum Gasteiger partial charge on any atom is -0.368 e. The van der Waals surface area contributed by atoms with Gasteiger partial charge in [-0.1, -0.05) is 18.6 Å². The maximum atomic E-state index is 12.2. The lowest BCUT2D eigenvalue weighted by atomic mass is 10.0. The summed E-state index contributed by atoms with van der Waals surface area (Å²) in [5, 5.41) is 2.93. The summed E-state index contributed by atoms with van der Waals surface area (Å²) in [7, 11) is 0. The first-order valence-corrected chi connectivity index (χ1v) is 7.38. The predicted molar refractivity (Wildman–Crippen MR) is 83.0 cm³/mol. The van der Waals surface area contributed by atoms with Crippen molar-refractivity contribution >= 4 is 17.5 Å². The Balaban J connectivity index is 2.00. The molecule has 0 saturated carbocycles. The molecule has 1 heterocycles. The molecule has 1 aliphatic heterocycles. The number of carbonyl (C=O) groups is 2. The summed E-state index contributed by atoms with van der Waals surface area (Å²) in [5.74, 6) is -0.439. The number of anilines is 1. The van der Waals surface area contributed by atoms with E-state index < -0.39 is 0 Å². The van der Waals surface area contributed by atoms with Crippen LogP contribution in [0, 0.1) is 13.8 Å². The molecular formula is C16H23N3O2. The molecule has 1 saturated heterocycles. The van der Waals surface area contributed by atoms with Crippen molar-refractivity contribution in [3.63, 3.8) is 0 Å². The van der Waals surface area contributed by atoms with Gasteiger partial charge in [-0.3, -0.25) is 14.5 Å². The van der Waals surface area contributed by atoms with Gasteiger partial charge in [0.1, 0.15) is 0 Å². The molecule has 2 rings (SSSR count). The van der Waals surface area contributed by atoms with E-state index in [1.165, 1.54) is 0 Å². The van der Waals surface area contributed by atoms with Crippen LogP contribution in [0.3, 0.4) is 0 Å². The molecule has 21 heavy (non-hydrogen) atoms. The second kappa shape index (κ2) is 6.72. The van der Waals surface area contributed by atoms with Gasteiger partial charge < -0.3 is 11.1 Å². The van der Waals surface area contributed by atoms with Crippen LogP contribution in [0.4, 0.5) is 5.69 Å². The third-order valence-electron chi connectivity index (χ3n) is 4.17. The SMILES string of the molecule is Cc1cccc(NC(=O)CN2CCCC[C@H]2C(N)=O)c1C. The molecule has 1 fully saturated rings. The summed E-state index contributed by atoms with van der Waals surface area (Å²) >= 11 is 0. The normalized spacial score (nSPS) is 19.2. The second-order valence-corrected chi connectivity index (χ2v) is 5.68. The number of piperidine rings is 1. The van der Waals surface area contributed by atoms with Gasteiger partial charge in [-0.25, -0.2) is 0 Å². The van der Waals surface area contributed by atoms with E-state index in [4.69, 9.17) is 5.73 Å². The van der Waals surface area contributed by atoms with Gasteiger partial charge in [0, 0.05) is 5.69 Å². The van der Waals surface area contributed by atoms with Crippen LogP contribution in [0.2, 0.25) is 0 Å². The molecule has 1 aliphatic rings. The Morgan fingerprint density at radius 2 is 2.10 bits per heavy atom. The zero-order valence-electron chi connectivity index (χ0n) is 12.7. The van der Waals surface area contributed by atoms with Crippen LogP contribution in [-0.4, -0.2) is 35.8 Å². The van der Waals surface area contributed by atoms with Crippen LogP contribution in [0.15, 0.2) is 18.2 Å². The van der Waals surface area contributed by atoms with Crippen molar-refractivity contribution in [3.05, 3.63) is 29.3 Å². The van der Waals surface area contributed by atoms with E-state index in [2.05, 4.69) is 5.32 Å². The summed E-state index contributed by atoms with van der Waals surface area (Å²) in [5.41, 5.74) is 8.45. The fourth-order valence-corrected chi connectivity index (χ4v) is 2.76. The maximum absolute atomic E-state index is 12.2. The smallest absolute Gasteiger partial charge is 0.238 e. The summed E-state index contributed by atoms with van der Waals surface area (Å²) in [4.78, 5) is 25.5. The van der Waals surface area contributed by atoms with Crippen LogP contribution in [0.25, 0.3) is 0 Å². The van der Waals surface area contributed by atoms with Gasteiger partial charge in [-0.15, -0.1) is 0 Å². The van der Waals surface area contributed by atoms with Crippen molar-refractivity contribution in [3.8, 4) is 0 Å². The molecule has 0 spiro atoms. The van der Waals surface area contributed by atoms with Crippen LogP contribution in [0.5, 0.6) is 0 Å². The number of hydrogen-bond donors (Lipinski definition) is 2. The van der Waals surface area contributed by atoms with Crippen molar-refractivity contribution in [1.82, 2.24) is 4.90 Å². The van der Waals surface area contributed by atoms with E-state index in [-0.39, 0.29) is 24.4 Å². The summed E-state index contributed by atoms with van der Waals surface area (Å²) in [6.07, 6.45) is 2.73. The molecule has 0 aromatic heterocycles. The number of amides is 2. The molecule has 114 valence electrons. The van der Waals surface area contributed by atoms with Gasteiger partial charge in [0.15, 0.2) is 0 Å². The van der Waals surface area contributed by atoms with Gasteiger partial charge in [0.2, 0.25) is 11.8 Å². The average Bonchev–Trinajstić information content (AvgIpc) is 2.44. The third kappa shape index (κ3) is 3.82. The molecule has 0 aliphatic carbocycles. The van der Waals surface area contributed by atoms with Crippen molar-refractivity contribution in [2.24, 2.45) is 5.73 Å². The highest BCUT2D eigenvalue weighted by atomic mass is 16.2. The summed E-state index contributed by atoms with van der Waals surface area (Å²) in [6, 6.07) is 5.51. The van der Waals surface area contributed by atoms with Crippen molar-refractivity contribution in [1.29, 1.82) is 0 Å². The quantitative estimate of drug-likeness (QED) is 0.883. The zero-order chi connectivity index (χ0) is 15.4. The van der Waals surface area contributed by atoms with Gasteiger partial charge in [0.05, 0.1) is 12.6 Å². The number of nitrogens with two attached hydrogens (primary N) is 1. The molecule has 1 aromatic carbocycles.